The molecule has 1 heterocycles. The predicted octanol–water partition coefficient (Wildman–Crippen LogP) is 2.36. The molecule has 11 heavy (non-hydrogen) atoms. The van der Waals surface area contributed by atoms with E-state index in [1.807, 2.05) is 6.07 Å². The lowest BCUT2D eigenvalue weighted by atomic mass is 10.3. The van der Waals surface area contributed by atoms with Crippen LogP contribution in [-0.4, -0.2) is 6.04 Å². The third-order valence-corrected chi connectivity index (χ3v) is 2.94. The van der Waals surface area contributed by atoms with Crippen LogP contribution >= 0.6 is 11.3 Å². The van der Waals surface area contributed by atoms with Crippen molar-refractivity contribution < 1.29 is 0 Å². The summed E-state index contributed by atoms with van der Waals surface area (Å²) in [5.41, 5.74) is 0. The first-order chi connectivity index (χ1) is 5.36. The van der Waals surface area contributed by atoms with Gasteiger partial charge in [-0.05, 0) is 37.3 Å². The molecule has 1 fully saturated rings. The lowest BCUT2D eigenvalue weighted by Crippen LogP contribution is -2.19. The van der Waals surface area contributed by atoms with Crippen molar-refractivity contribution in [1.29, 1.82) is 0 Å². The lowest BCUT2D eigenvalue weighted by Gasteiger charge is -2.09. The Morgan fingerprint density at radius 2 is 2.55 bits per heavy atom. The molecule has 59 valence electrons. The molecule has 1 saturated carbocycles. The van der Waals surface area contributed by atoms with Gasteiger partial charge in [0.15, 0.2) is 0 Å². The first kappa shape index (κ1) is 7.32. The average molecular weight is 166 g/mol. The minimum absolute atomic E-state index is 0.502. The molecule has 2 rings (SSSR count). The molecule has 1 N–H and O–H groups in total. The molecule has 1 aliphatic carbocycles. The summed E-state index contributed by atoms with van der Waals surface area (Å²) in [6.07, 6.45) is 2.71. The Hall–Kier alpha value is -0.340. The summed E-state index contributed by atoms with van der Waals surface area (Å²) >= 11 is 1.78. The molecular weight excluding hydrogens is 154 g/mol. The average Bonchev–Trinajstić information content (AvgIpc) is 2.67. The smallest absolute Gasteiger partial charge is 0.0394 e. The van der Waals surface area contributed by atoms with Crippen LogP contribution in [-0.2, 0) is 0 Å². The Bertz CT molecular complexity index is 213. The zero-order valence-electron chi connectivity index (χ0n) is 6.63. The van der Waals surface area contributed by atoms with Crippen LogP contribution in [0.3, 0.4) is 0 Å². The second-order valence-electron chi connectivity index (χ2n) is 3.09. The van der Waals surface area contributed by atoms with Gasteiger partial charge in [0.05, 0.1) is 0 Å². The van der Waals surface area contributed by atoms with Crippen LogP contribution in [0.25, 0.3) is 0 Å². The third kappa shape index (κ3) is 1.82. The van der Waals surface area contributed by atoms with Crippen molar-refractivity contribution in [2.75, 3.05) is 0 Å². The lowest BCUT2D eigenvalue weighted by molar-refractivity contribution is 0.579. The summed E-state index contributed by atoms with van der Waals surface area (Å²) in [7, 11) is 0. The SMILES string of the molecule is C[C@@H](NC1CC1)c1[c]ccs1. The van der Waals surface area contributed by atoms with Crippen LogP contribution < -0.4 is 5.32 Å². The summed E-state index contributed by atoms with van der Waals surface area (Å²) in [5.74, 6) is 0. The van der Waals surface area contributed by atoms with Gasteiger partial charge in [-0.3, -0.25) is 0 Å². The van der Waals surface area contributed by atoms with Crippen molar-refractivity contribution in [3.63, 3.8) is 0 Å². The van der Waals surface area contributed by atoms with Crippen LogP contribution in [0.5, 0.6) is 0 Å². The Morgan fingerprint density at radius 3 is 3.09 bits per heavy atom. The standard InChI is InChI=1S/C9H12NS/c1-7(10-8-4-5-8)9-3-2-6-11-9/h2,6-8,10H,4-5H2,1H3/t7-/m1/s1. The molecule has 1 aromatic heterocycles. The minimum atomic E-state index is 0.502. The highest BCUT2D eigenvalue weighted by atomic mass is 32.1. The third-order valence-electron chi connectivity index (χ3n) is 1.94. The van der Waals surface area contributed by atoms with Crippen molar-refractivity contribution in [3.8, 4) is 0 Å². The fourth-order valence-corrected chi connectivity index (χ4v) is 1.85. The van der Waals surface area contributed by atoms with Gasteiger partial charge in [-0.1, -0.05) is 0 Å². The van der Waals surface area contributed by atoms with E-state index in [1.165, 1.54) is 17.7 Å². The van der Waals surface area contributed by atoms with Crippen LogP contribution in [0, 0.1) is 6.07 Å². The number of hydrogen-bond acceptors (Lipinski definition) is 2. The largest absolute Gasteiger partial charge is 0.307 e. The Morgan fingerprint density at radius 1 is 1.73 bits per heavy atom. The van der Waals surface area contributed by atoms with E-state index in [1.54, 1.807) is 11.3 Å². The maximum Gasteiger partial charge on any atom is 0.0394 e. The number of thiophene rings is 1. The summed E-state index contributed by atoms with van der Waals surface area (Å²) in [6.45, 7) is 2.21. The van der Waals surface area contributed by atoms with Gasteiger partial charge in [-0.25, -0.2) is 0 Å². The van der Waals surface area contributed by atoms with Crippen LogP contribution in [0.1, 0.15) is 30.7 Å². The van der Waals surface area contributed by atoms with Crippen LogP contribution in [0.4, 0.5) is 0 Å². The first-order valence-electron chi connectivity index (χ1n) is 4.07. The molecule has 0 aromatic carbocycles. The predicted molar refractivity (Wildman–Crippen MR) is 47.7 cm³/mol. The molecule has 0 saturated heterocycles. The molecule has 0 aliphatic heterocycles. The van der Waals surface area contributed by atoms with Crippen molar-refractivity contribution >= 4 is 11.3 Å². The van der Waals surface area contributed by atoms with E-state index in [0.717, 1.165) is 6.04 Å². The van der Waals surface area contributed by atoms with Gasteiger partial charge in [0.2, 0.25) is 0 Å². The van der Waals surface area contributed by atoms with E-state index in [2.05, 4.69) is 23.7 Å². The summed E-state index contributed by atoms with van der Waals surface area (Å²) < 4.78 is 0. The van der Waals surface area contributed by atoms with E-state index in [4.69, 9.17) is 0 Å². The molecule has 0 unspecified atom stereocenters. The van der Waals surface area contributed by atoms with Gasteiger partial charge in [-0.2, -0.15) is 0 Å². The number of nitrogens with one attached hydrogen (secondary N) is 1. The zero-order chi connectivity index (χ0) is 7.68. The minimum Gasteiger partial charge on any atom is -0.307 e. The molecule has 1 aliphatic rings. The van der Waals surface area contributed by atoms with Crippen molar-refractivity contribution in [1.82, 2.24) is 5.32 Å². The van der Waals surface area contributed by atoms with Gasteiger partial charge in [0.25, 0.3) is 0 Å². The normalized spacial score (nSPS) is 20.1. The molecule has 0 amide bonds. The van der Waals surface area contributed by atoms with Gasteiger partial charge >= 0.3 is 0 Å². The highest BCUT2D eigenvalue weighted by Gasteiger charge is 2.23. The molecule has 1 aromatic rings. The maximum atomic E-state index is 3.54. The van der Waals surface area contributed by atoms with Crippen LogP contribution in [0.15, 0.2) is 11.4 Å². The second kappa shape index (κ2) is 2.95. The molecule has 0 bridgehead atoms. The van der Waals surface area contributed by atoms with Gasteiger partial charge in [-0.15, -0.1) is 11.3 Å². The highest BCUT2D eigenvalue weighted by molar-refractivity contribution is 7.09. The van der Waals surface area contributed by atoms with Gasteiger partial charge < -0.3 is 5.32 Å². The molecule has 1 atom stereocenters. The van der Waals surface area contributed by atoms with Gasteiger partial charge in [0.1, 0.15) is 0 Å². The van der Waals surface area contributed by atoms with E-state index < -0.39 is 0 Å². The molecule has 1 nitrogen and oxygen atoms in total. The molecular formula is C9H12NS. The van der Waals surface area contributed by atoms with Crippen molar-refractivity contribution in [2.24, 2.45) is 0 Å². The van der Waals surface area contributed by atoms with Gasteiger partial charge in [0, 0.05) is 17.0 Å². The van der Waals surface area contributed by atoms with E-state index in [9.17, 15) is 0 Å². The van der Waals surface area contributed by atoms with Crippen LogP contribution in [0.2, 0.25) is 0 Å². The summed E-state index contributed by atoms with van der Waals surface area (Å²) in [4.78, 5) is 1.33. The van der Waals surface area contributed by atoms with E-state index >= 15 is 0 Å². The molecule has 0 spiro atoms. The quantitative estimate of drug-likeness (QED) is 0.727. The fourth-order valence-electron chi connectivity index (χ4n) is 1.16. The molecule has 1 radical (unpaired) electrons. The maximum absolute atomic E-state index is 3.54. The Labute approximate surface area is 71.4 Å². The van der Waals surface area contributed by atoms with Crippen molar-refractivity contribution in [2.45, 2.75) is 31.8 Å². The highest BCUT2D eigenvalue weighted by Crippen LogP contribution is 2.25. The topological polar surface area (TPSA) is 12.0 Å². The number of rotatable bonds is 3. The summed E-state index contributed by atoms with van der Waals surface area (Å²) in [6, 6.07) is 6.51. The Kier molecular flexibility index (Phi) is 1.96. The zero-order valence-corrected chi connectivity index (χ0v) is 7.45. The fraction of sp³-hybridized carbons (Fsp3) is 0.556. The number of hydrogen-bond donors (Lipinski definition) is 1. The summed E-state index contributed by atoms with van der Waals surface area (Å²) in [5, 5.41) is 5.62. The van der Waals surface area contributed by atoms with Crippen molar-refractivity contribution in [3.05, 3.63) is 22.4 Å². The molecule has 2 heteroatoms. The van der Waals surface area contributed by atoms with E-state index in [-0.39, 0.29) is 0 Å². The Balaban J connectivity index is 1.93. The first-order valence-corrected chi connectivity index (χ1v) is 4.95. The second-order valence-corrected chi connectivity index (χ2v) is 4.04. The van der Waals surface area contributed by atoms with E-state index in [0.29, 0.717) is 6.04 Å². The monoisotopic (exact) mass is 166 g/mol.